The minimum Gasteiger partial charge on any atom is -0.332 e. The summed E-state index contributed by atoms with van der Waals surface area (Å²) in [6.07, 6.45) is 0. The van der Waals surface area contributed by atoms with Gasteiger partial charge in [-0.2, -0.15) is 9.36 Å². The molecule has 0 fully saturated rings. The highest BCUT2D eigenvalue weighted by molar-refractivity contribution is 7.80. The standard InChI is InChI=1S/C15H13N5S2/c21-14(17-12-9-5-2-6-10-12)19-15-18-13(20-22-15)16-11-7-3-1-4-8-11/h1-10H,(H3,16,17,18,19,20,21). The Bertz CT molecular complexity index is 743. The lowest BCUT2D eigenvalue weighted by Gasteiger charge is -2.07. The molecule has 0 spiro atoms. The van der Waals surface area contributed by atoms with Crippen molar-refractivity contribution in [3.63, 3.8) is 0 Å². The molecule has 0 aliphatic rings. The number of rotatable bonds is 4. The number of hydrogen-bond donors (Lipinski definition) is 3. The molecule has 3 N–H and O–H groups in total. The van der Waals surface area contributed by atoms with E-state index in [4.69, 9.17) is 12.2 Å². The Labute approximate surface area is 137 Å². The Kier molecular flexibility index (Phi) is 4.57. The normalized spacial score (nSPS) is 10.0. The summed E-state index contributed by atoms with van der Waals surface area (Å²) >= 11 is 6.50. The molecule has 0 aliphatic carbocycles. The van der Waals surface area contributed by atoms with E-state index in [-0.39, 0.29) is 0 Å². The van der Waals surface area contributed by atoms with Gasteiger partial charge in [0.1, 0.15) is 0 Å². The number of anilines is 4. The van der Waals surface area contributed by atoms with Gasteiger partial charge in [0.15, 0.2) is 5.11 Å². The van der Waals surface area contributed by atoms with Crippen molar-refractivity contribution in [2.75, 3.05) is 16.0 Å². The van der Waals surface area contributed by atoms with Crippen molar-refractivity contribution in [1.29, 1.82) is 0 Å². The van der Waals surface area contributed by atoms with E-state index >= 15 is 0 Å². The zero-order chi connectivity index (χ0) is 15.2. The minimum atomic E-state index is 0.480. The molecule has 3 aromatic rings. The molecule has 1 heterocycles. The van der Waals surface area contributed by atoms with Crippen molar-refractivity contribution in [3.05, 3.63) is 60.7 Å². The van der Waals surface area contributed by atoms with Crippen LogP contribution in [0.25, 0.3) is 0 Å². The predicted molar refractivity (Wildman–Crippen MR) is 95.9 cm³/mol. The van der Waals surface area contributed by atoms with Gasteiger partial charge in [-0.25, -0.2) is 0 Å². The van der Waals surface area contributed by atoms with E-state index in [1.807, 2.05) is 60.7 Å². The van der Waals surface area contributed by atoms with Gasteiger partial charge in [-0.3, -0.25) is 0 Å². The van der Waals surface area contributed by atoms with Crippen molar-refractivity contribution in [3.8, 4) is 0 Å². The maximum absolute atomic E-state index is 5.25. The van der Waals surface area contributed by atoms with E-state index < -0.39 is 0 Å². The summed E-state index contributed by atoms with van der Waals surface area (Å²) in [4.78, 5) is 4.34. The lowest BCUT2D eigenvalue weighted by molar-refractivity contribution is 1.30. The van der Waals surface area contributed by atoms with Gasteiger partial charge in [0, 0.05) is 22.9 Å². The van der Waals surface area contributed by atoms with Gasteiger partial charge in [-0.05, 0) is 36.5 Å². The molecular weight excluding hydrogens is 314 g/mol. The highest BCUT2D eigenvalue weighted by Crippen LogP contribution is 2.18. The summed E-state index contributed by atoms with van der Waals surface area (Å²) < 4.78 is 4.24. The second-order valence-corrected chi connectivity index (χ2v) is 5.52. The van der Waals surface area contributed by atoms with Crippen molar-refractivity contribution in [2.24, 2.45) is 0 Å². The quantitative estimate of drug-likeness (QED) is 0.627. The van der Waals surface area contributed by atoms with Gasteiger partial charge in [0.25, 0.3) is 0 Å². The Morgan fingerprint density at radius 1 is 0.864 bits per heavy atom. The van der Waals surface area contributed by atoms with Gasteiger partial charge >= 0.3 is 0 Å². The first-order valence-corrected chi connectivity index (χ1v) is 7.76. The Balaban J connectivity index is 1.58. The topological polar surface area (TPSA) is 61.9 Å². The average molecular weight is 327 g/mol. The lowest BCUT2D eigenvalue weighted by Crippen LogP contribution is -2.18. The molecular formula is C15H13N5S2. The SMILES string of the molecule is S=C(Nc1ccccc1)Nc1nc(Nc2ccccc2)ns1. The van der Waals surface area contributed by atoms with Crippen molar-refractivity contribution < 1.29 is 0 Å². The zero-order valence-corrected chi connectivity index (χ0v) is 13.1. The second kappa shape index (κ2) is 6.97. The first-order valence-electron chi connectivity index (χ1n) is 6.58. The van der Waals surface area contributed by atoms with E-state index in [2.05, 4.69) is 25.3 Å². The van der Waals surface area contributed by atoms with Crippen LogP contribution in [0.4, 0.5) is 22.5 Å². The number of aromatic nitrogens is 2. The van der Waals surface area contributed by atoms with Crippen molar-refractivity contribution >= 4 is 51.3 Å². The molecule has 2 aromatic carbocycles. The highest BCUT2D eigenvalue weighted by Gasteiger charge is 2.06. The van der Waals surface area contributed by atoms with Crippen LogP contribution in [-0.4, -0.2) is 14.5 Å². The number of nitrogens with zero attached hydrogens (tertiary/aromatic N) is 2. The first kappa shape index (κ1) is 14.4. The fourth-order valence-corrected chi connectivity index (χ4v) is 2.57. The van der Waals surface area contributed by atoms with Crippen LogP contribution in [-0.2, 0) is 0 Å². The molecule has 1 aromatic heterocycles. The van der Waals surface area contributed by atoms with Gasteiger partial charge in [-0.1, -0.05) is 36.4 Å². The number of para-hydroxylation sites is 2. The molecule has 110 valence electrons. The van der Waals surface area contributed by atoms with E-state index in [9.17, 15) is 0 Å². The summed E-state index contributed by atoms with van der Waals surface area (Å²) in [7, 11) is 0. The number of thiocarbonyl (C=S) groups is 1. The Morgan fingerprint density at radius 3 is 2.18 bits per heavy atom. The van der Waals surface area contributed by atoms with Crippen LogP contribution in [0, 0.1) is 0 Å². The van der Waals surface area contributed by atoms with E-state index in [0.717, 1.165) is 11.4 Å². The smallest absolute Gasteiger partial charge is 0.240 e. The molecule has 22 heavy (non-hydrogen) atoms. The molecule has 0 radical (unpaired) electrons. The fraction of sp³-hybridized carbons (Fsp3) is 0. The number of nitrogens with one attached hydrogen (secondary N) is 3. The average Bonchev–Trinajstić information content (AvgIpc) is 2.96. The van der Waals surface area contributed by atoms with Crippen LogP contribution in [0.15, 0.2) is 60.7 Å². The van der Waals surface area contributed by atoms with Gasteiger partial charge < -0.3 is 16.0 Å². The van der Waals surface area contributed by atoms with Crippen LogP contribution in [0.1, 0.15) is 0 Å². The maximum atomic E-state index is 5.25. The van der Waals surface area contributed by atoms with E-state index in [1.54, 1.807) is 0 Å². The molecule has 0 saturated heterocycles. The summed E-state index contributed by atoms with van der Waals surface area (Å²) in [5.41, 5.74) is 1.86. The molecule has 0 amide bonds. The molecule has 0 aliphatic heterocycles. The third-order valence-corrected chi connectivity index (χ3v) is 3.54. The van der Waals surface area contributed by atoms with Crippen LogP contribution < -0.4 is 16.0 Å². The molecule has 0 atom stereocenters. The van der Waals surface area contributed by atoms with Crippen LogP contribution >= 0.6 is 23.8 Å². The number of benzene rings is 2. The second-order valence-electron chi connectivity index (χ2n) is 4.36. The van der Waals surface area contributed by atoms with Gasteiger partial charge in [0.2, 0.25) is 11.1 Å². The highest BCUT2D eigenvalue weighted by atomic mass is 32.1. The summed E-state index contributed by atoms with van der Waals surface area (Å²) in [5.74, 6) is 0.543. The monoisotopic (exact) mass is 327 g/mol. The molecule has 0 bridgehead atoms. The Hall–Kier alpha value is -2.51. The van der Waals surface area contributed by atoms with Crippen LogP contribution in [0.2, 0.25) is 0 Å². The van der Waals surface area contributed by atoms with Crippen LogP contribution in [0.5, 0.6) is 0 Å². The lowest BCUT2D eigenvalue weighted by atomic mass is 10.3. The van der Waals surface area contributed by atoms with Crippen LogP contribution in [0.3, 0.4) is 0 Å². The van der Waals surface area contributed by atoms with E-state index in [1.165, 1.54) is 11.5 Å². The summed E-state index contributed by atoms with van der Waals surface area (Å²) in [6, 6.07) is 19.5. The third-order valence-electron chi connectivity index (χ3n) is 2.71. The number of hydrogen-bond acceptors (Lipinski definition) is 5. The van der Waals surface area contributed by atoms with E-state index in [0.29, 0.717) is 16.2 Å². The van der Waals surface area contributed by atoms with Gasteiger partial charge in [0.05, 0.1) is 0 Å². The Morgan fingerprint density at radius 2 is 1.50 bits per heavy atom. The third kappa shape index (κ3) is 4.00. The predicted octanol–water partition coefficient (Wildman–Crippen LogP) is 4.09. The molecule has 3 rings (SSSR count). The fourth-order valence-electron chi connectivity index (χ4n) is 1.76. The molecule has 0 unspecified atom stereocenters. The maximum Gasteiger partial charge on any atom is 0.240 e. The molecule has 5 nitrogen and oxygen atoms in total. The minimum absolute atomic E-state index is 0.480. The molecule has 0 saturated carbocycles. The van der Waals surface area contributed by atoms with Gasteiger partial charge in [-0.15, -0.1) is 0 Å². The molecule has 7 heteroatoms. The first-order chi connectivity index (χ1) is 10.8. The largest absolute Gasteiger partial charge is 0.332 e. The zero-order valence-electron chi connectivity index (χ0n) is 11.5. The summed E-state index contributed by atoms with van der Waals surface area (Å²) in [5, 5.41) is 10.4. The van der Waals surface area contributed by atoms with Crippen molar-refractivity contribution in [2.45, 2.75) is 0 Å². The van der Waals surface area contributed by atoms with Crippen molar-refractivity contribution in [1.82, 2.24) is 9.36 Å². The summed E-state index contributed by atoms with van der Waals surface area (Å²) in [6.45, 7) is 0.